The molecule has 0 aliphatic carbocycles. The van der Waals surface area contributed by atoms with Crippen molar-refractivity contribution >= 4 is 23.8 Å². The number of imide groups is 2. The lowest BCUT2D eigenvalue weighted by molar-refractivity contribution is -0.146. The van der Waals surface area contributed by atoms with Gasteiger partial charge in [0.2, 0.25) is 11.8 Å². The van der Waals surface area contributed by atoms with Gasteiger partial charge in [-0.25, -0.2) is 4.79 Å². The van der Waals surface area contributed by atoms with Gasteiger partial charge in [-0.05, 0) is 0 Å². The molecular formula is C6H6N2O5. The number of carboxylic acids is 1. The van der Waals surface area contributed by atoms with Gasteiger partial charge in [0.05, 0.1) is 6.42 Å². The van der Waals surface area contributed by atoms with E-state index in [9.17, 15) is 19.2 Å². The molecule has 0 aromatic carbocycles. The Labute approximate surface area is 72.1 Å². The first-order chi connectivity index (χ1) is 6.00. The van der Waals surface area contributed by atoms with E-state index in [2.05, 4.69) is 0 Å². The molecule has 1 aliphatic heterocycles. The molecule has 0 radical (unpaired) electrons. The number of amides is 4. The maximum Gasteiger partial charge on any atom is 0.328 e. The molecule has 7 nitrogen and oxygen atoms in total. The number of carbonyl (C=O) groups is 4. The predicted octanol–water partition coefficient (Wildman–Crippen LogP) is -1.56. The summed E-state index contributed by atoms with van der Waals surface area (Å²) in [6.07, 6.45) is -0.620. The van der Waals surface area contributed by atoms with Gasteiger partial charge in [-0.2, -0.15) is 0 Å². The van der Waals surface area contributed by atoms with Gasteiger partial charge in [0.15, 0.2) is 0 Å². The Morgan fingerprint density at radius 2 is 1.69 bits per heavy atom. The SMILES string of the molecule is O=C(O)CC1C(=O)NC(=O)NC1=O. The van der Waals surface area contributed by atoms with Crippen molar-refractivity contribution in [3.8, 4) is 0 Å². The Kier molecular flexibility index (Phi) is 2.27. The van der Waals surface area contributed by atoms with Crippen LogP contribution in [0.5, 0.6) is 0 Å². The van der Waals surface area contributed by atoms with Gasteiger partial charge < -0.3 is 5.11 Å². The number of rotatable bonds is 2. The van der Waals surface area contributed by atoms with Crippen LogP contribution in [0.25, 0.3) is 0 Å². The van der Waals surface area contributed by atoms with E-state index in [1.807, 2.05) is 0 Å². The number of barbiturate groups is 1. The molecule has 3 N–H and O–H groups in total. The van der Waals surface area contributed by atoms with Crippen molar-refractivity contribution in [2.45, 2.75) is 6.42 Å². The summed E-state index contributed by atoms with van der Waals surface area (Å²) in [7, 11) is 0. The van der Waals surface area contributed by atoms with Gasteiger partial charge in [-0.1, -0.05) is 0 Å². The van der Waals surface area contributed by atoms with Crippen LogP contribution in [0.4, 0.5) is 4.79 Å². The zero-order valence-corrected chi connectivity index (χ0v) is 6.36. The number of carboxylic acid groups (broad SMARTS) is 1. The third-order valence-electron chi connectivity index (χ3n) is 1.49. The Hall–Kier alpha value is -1.92. The maximum absolute atomic E-state index is 10.9. The molecule has 0 spiro atoms. The smallest absolute Gasteiger partial charge is 0.328 e. The highest BCUT2D eigenvalue weighted by atomic mass is 16.4. The molecule has 0 atom stereocenters. The Morgan fingerprint density at radius 3 is 2.08 bits per heavy atom. The van der Waals surface area contributed by atoms with Crippen molar-refractivity contribution < 1.29 is 24.3 Å². The zero-order chi connectivity index (χ0) is 10.0. The van der Waals surface area contributed by atoms with Gasteiger partial charge in [-0.3, -0.25) is 25.0 Å². The third-order valence-corrected chi connectivity index (χ3v) is 1.49. The first-order valence-corrected chi connectivity index (χ1v) is 3.38. The van der Waals surface area contributed by atoms with Crippen LogP contribution in [0.15, 0.2) is 0 Å². The number of hydrogen-bond donors (Lipinski definition) is 3. The van der Waals surface area contributed by atoms with Crippen molar-refractivity contribution in [2.75, 3.05) is 0 Å². The summed E-state index contributed by atoms with van der Waals surface area (Å²) in [6, 6.07) is -0.920. The van der Waals surface area contributed by atoms with Crippen LogP contribution in [0.2, 0.25) is 0 Å². The topological polar surface area (TPSA) is 113 Å². The molecule has 0 unspecified atom stereocenters. The van der Waals surface area contributed by atoms with Gasteiger partial charge >= 0.3 is 12.0 Å². The van der Waals surface area contributed by atoms with Gasteiger partial charge in [0, 0.05) is 0 Å². The summed E-state index contributed by atoms with van der Waals surface area (Å²) >= 11 is 0. The number of nitrogens with one attached hydrogen (secondary N) is 2. The van der Waals surface area contributed by atoms with Crippen LogP contribution in [0.3, 0.4) is 0 Å². The highest BCUT2D eigenvalue weighted by molar-refractivity contribution is 6.17. The van der Waals surface area contributed by atoms with E-state index in [0.29, 0.717) is 0 Å². The predicted molar refractivity (Wildman–Crippen MR) is 37.4 cm³/mol. The molecule has 1 fully saturated rings. The van der Waals surface area contributed by atoms with E-state index in [-0.39, 0.29) is 0 Å². The second-order valence-corrected chi connectivity index (χ2v) is 2.46. The zero-order valence-electron chi connectivity index (χ0n) is 6.36. The molecule has 7 heteroatoms. The minimum absolute atomic E-state index is 0.620. The molecule has 0 aromatic rings. The van der Waals surface area contributed by atoms with Crippen molar-refractivity contribution in [3.05, 3.63) is 0 Å². The van der Waals surface area contributed by atoms with Crippen LogP contribution < -0.4 is 10.6 Å². The molecule has 70 valence electrons. The quantitative estimate of drug-likeness (QED) is 0.451. The van der Waals surface area contributed by atoms with Crippen molar-refractivity contribution in [1.29, 1.82) is 0 Å². The maximum atomic E-state index is 10.9. The standard InChI is InChI=1S/C6H6N2O5/c9-3(10)1-2-4(11)7-6(13)8-5(2)12/h2H,1H2,(H,9,10)(H2,7,8,11,12,13). The largest absolute Gasteiger partial charge is 0.481 e. The fourth-order valence-electron chi connectivity index (χ4n) is 0.908. The number of urea groups is 1. The molecular weight excluding hydrogens is 180 g/mol. The molecule has 0 bridgehead atoms. The monoisotopic (exact) mass is 186 g/mol. The first-order valence-electron chi connectivity index (χ1n) is 3.38. The van der Waals surface area contributed by atoms with Crippen molar-refractivity contribution in [1.82, 2.24) is 10.6 Å². The summed E-state index contributed by atoms with van der Waals surface area (Å²) in [4.78, 5) is 42.5. The molecule has 1 rings (SSSR count). The average Bonchev–Trinajstić information content (AvgIpc) is 1.96. The fraction of sp³-hybridized carbons (Fsp3) is 0.333. The normalized spacial score (nSPS) is 18.0. The minimum Gasteiger partial charge on any atom is -0.481 e. The summed E-state index contributed by atoms with van der Waals surface area (Å²) < 4.78 is 0. The van der Waals surface area contributed by atoms with E-state index in [0.717, 1.165) is 0 Å². The lowest BCUT2D eigenvalue weighted by Crippen LogP contribution is -2.56. The van der Waals surface area contributed by atoms with Crippen LogP contribution in [0, 0.1) is 5.92 Å². The minimum atomic E-state index is -1.32. The van der Waals surface area contributed by atoms with E-state index < -0.39 is 36.2 Å². The van der Waals surface area contributed by atoms with Crippen molar-refractivity contribution in [2.24, 2.45) is 5.92 Å². The van der Waals surface area contributed by atoms with E-state index >= 15 is 0 Å². The highest BCUT2D eigenvalue weighted by Crippen LogP contribution is 2.06. The average molecular weight is 186 g/mol. The van der Waals surface area contributed by atoms with Gasteiger partial charge in [0.1, 0.15) is 5.92 Å². The lowest BCUT2D eigenvalue weighted by atomic mass is 10.0. The van der Waals surface area contributed by atoms with E-state index in [1.54, 1.807) is 10.6 Å². The second kappa shape index (κ2) is 3.21. The molecule has 0 saturated carbocycles. The van der Waals surface area contributed by atoms with Crippen LogP contribution in [-0.2, 0) is 14.4 Å². The molecule has 13 heavy (non-hydrogen) atoms. The molecule has 4 amide bonds. The number of carbonyl (C=O) groups excluding carboxylic acids is 3. The van der Waals surface area contributed by atoms with E-state index in [1.165, 1.54) is 0 Å². The van der Waals surface area contributed by atoms with E-state index in [4.69, 9.17) is 5.11 Å². The molecule has 1 saturated heterocycles. The Morgan fingerprint density at radius 1 is 1.23 bits per heavy atom. The molecule has 1 aliphatic rings. The van der Waals surface area contributed by atoms with Crippen molar-refractivity contribution in [3.63, 3.8) is 0 Å². The van der Waals surface area contributed by atoms with Crippen LogP contribution >= 0.6 is 0 Å². The lowest BCUT2D eigenvalue weighted by Gasteiger charge is -2.18. The Balaban J connectivity index is 2.73. The summed E-state index contributed by atoms with van der Waals surface area (Å²) in [5.74, 6) is -4.35. The third kappa shape index (κ3) is 2.01. The molecule has 1 heterocycles. The van der Waals surface area contributed by atoms with Gasteiger partial charge in [-0.15, -0.1) is 0 Å². The fourth-order valence-corrected chi connectivity index (χ4v) is 0.908. The number of aliphatic carboxylic acids is 1. The first kappa shape index (κ1) is 9.17. The Bertz CT molecular complexity index is 277. The summed E-state index contributed by atoms with van der Waals surface area (Å²) in [6.45, 7) is 0. The summed E-state index contributed by atoms with van der Waals surface area (Å²) in [5.41, 5.74) is 0. The highest BCUT2D eigenvalue weighted by Gasteiger charge is 2.35. The second-order valence-electron chi connectivity index (χ2n) is 2.46. The van der Waals surface area contributed by atoms with Gasteiger partial charge in [0.25, 0.3) is 0 Å². The number of hydrogen-bond acceptors (Lipinski definition) is 4. The van der Waals surface area contributed by atoms with Crippen LogP contribution in [-0.4, -0.2) is 28.9 Å². The summed E-state index contributed by atoms with van der Waals surface area (Å²) in [5, 5.41) is 11.9. The van der Waals surface area contributed by atoms with Crippen LogP contribution in [0.1, 0.15) is 6.42 Å². The molecule has 0 aromatic heterocycles.